The van der Waals surface area contributed by atoms with Gasteiger partial charge in [-0.05, 0) is 22.6 Å². The summed E-state index contributed by atoms with van der Waals surface area (Å²) >= 11 is 6.01. The minimum Gasteiger partial charge on any atom is -0.354 e. The number of non-ortho nitro benzene ring substituents is 1. The molecule has 2 aromatic rings. The molecule has 0 spiro atoms. The summed E-state index contributed by atoms with van der Waals surface area (Å²) in [6.07, 6.45) is 0.0375. The molecule has 0 fully saturated rings. The molecular weight excluding hydrogens is 389 g/mol. The van der Waals surface area contributed by atoms with E-state index in [0.29, 0.717) is 18.0 Å². The highest BCUT2D eigenvalue weighted by Gasteiger charge is 2.13. The molecule has 0 aliphatic carbocycles. The van der Waals surface area contributed by atoms with Crippen LogP contribution in [0.3, 0.4) is 0 Å². The van der Waals surface area contributed by atoms with Crippen LogP contribution in [0.25, 0.3) is 0 Å². The minimum absolute atomic E-state index is 0. The Morgan fingerprint density at radius 2 is 1.78 bits per heavy atom. The maximum atomic E-state index is 12.1. The van der Waals surface area contributed by atoms with E-state index in [0.717, 1.165) is 5.56 Å². The number of hydrogen-bond donors (Lipinski definition) is 2. The third-order valence-corrected chi connectivity index (χ3v) is 4.50. The Morgan fingerprint density at radius 1 is 1.19 bits per heavy atom. The molecule has 2 rings (SSSR count). The molecule has 27 heavy (non-hydrogen) atoms. The van der Waals surface area contributed by atoms with Crippen LogP contribution in [0.2, 0.25) is 5.02 Å². The summed E-state index contributed by atoms with van der Waals surface area (Å²) in [6, 6.07) is 11.8. The van der Waals surface area contributed by atoms with E-state index in [1.165, 1.54) is 23.8 Å². The van der Waals surface area contributed by atoms with Crippen LogP contribution in [0.15, 0.2) is 42.5 Å². The van der Waals surface area contributed by atoms with Gasteiger partial charge in [0, 0.05) is 24.7 Å². The first-order chi connectivity index (χ1) is 12.3. The van der Waals surface area contributed by atoms with E-state index in [2.05, 4.69) is 19.2 Å². The molecule has 1 unspecified atom stereocenters. The predicted octanol–water partition coefficient (Wildman–Crippen LogP) is 4.15. The van der Waals surface area contributed by atoms with Crippen molar-refractivity contribution in [1.29, 1.82) is 0 Å². The van der Waals surface area contributed by atoms with Gasteiger partial charge in [0.25, 0.3) is 5.69 Å². The fourth-order valence-electron chi connectivity index (χ4n) is 2.50. The minimum atomic E-state index is -0.528. The van der Waals surface area contributed by atoms with E-state index >= 15 is 0 Å². The molecule has 0 radical (unpaired) electrons. The normalized spacial score (nSPS) is 11.6. The van der Waals surface area contributed by atoms with Crippen molar-refractivity contribution in [2.45, 2.75) is 32.2 Å². The highest BCUT2D eigenvalue weighted by Crippen LogP contribution is 2.23. The second kappa shape index (κ2) is 10.3. The Balaban J connectivity index is 0.00000364. The molecule has 3 N–H and O–H groups in total. The molecule has 2 aromatic carbocycles. The summed E-state index contributed by atoms with van der Waals surface area (Å²) in [5.74, 6) is 0.210. The van der Waals surface area contributed by atoms with Gasteiger partial charge in [0.1, 0.15) is 0 Å². The average molecular weight is 412 g/mol. The van der Waals surface area contributed by atoms with Crippen LogP contribution < -0.4 is 11.1 Å². The zero-order valence-electron chi connectivity index (χ0n) is 15.1. The highest BCUT2D eigenvalue weighted by atomic mass is 35.5. The fourth-order valence-corrected chi connectivity index (χ4v) is 2.74. The molecule has 8 heteroatoms. The number of nitrogens with two attached hydrogens (primary N) is 1. The number of nitrogens with zero attached hydrogens (tertiary/aromatic N) is 1. The lowest BCUT2D eigenvalue weighted by molar-refractivity contribution is -0.384. The number of nitro benzene ring substituents is 1. The molecule has 0 saturated carbocycles. The highest BCUT2D eigenvalue weighted by molar-refractivity contribution is 6.31. The lowest BCUT2D eigenvalue weighted by Gasteiger charge is -2.15. The third-order valence-electron chi connectivity index (χ3n) is 4.15. The average Bonchev–Trinajstić information content (AvgIpc) is 2.61. The second-order valence-corrected chi connectivity index (χ2v) is 6.85. The van der Waals surface area contributed by atoms with Crippen molar-refractivity contribution in [3.8, 4) is 0 Å². The Morgan fingerprint density at radius 3 is 2.30 bits per heavy atom. The first kappa shape index (κ1) is 22.9. The number of nitrogens with one attached hydrogen (secondary N) is 1. The number of hydrogen-bond acceptors (Lipinski definition) is 4. The summed E-state index contributed by atoms with van der Waals surface area (Å²) in [6.45, 7) is 4.54. The largest absolute Gasteiger partial charge is 0.354 e. The Kier molecular flexibility index (Phi) is 8.69. The smallest absolute Gasteiger partial charge is 0.270 e. The number of amides is 1. The van der Waals surface area contributed by atoms with Crippen LogP contribution in [0.4, 0.5) is 5.69 Å². The number of carbonyl (C=O) groups is 1. The van der Waals surface area contributed by atoms with Gasteiger partial charge in [0.2, 0.25) is 5.91 Å². The molecule has 0 aromatic heterocycles. The standard InChI is InChI=1S/C19H22ClN3O3.ClH/c1-12(2)13-3-5-14(6-4-13)18(21)11-22-19(24)9-15-7-8-16(23(25)26)10-17(15)20;/h3-8,10,12,18H,9,11,21H2,1-2H3,(H,22,24);1H. The van der Waals surface area contributed by atoms with Crippen molar-refractivity contribution in [3.63, 3.8) is 0 Å². The first-order valence-electron chi connectivity index (χ1n) is 8.33. The molecule has 0 aliphatic rings. The van der Waals surface area contributed by atoms with Crippen LogP contribution in [-0.4, -0.2) is 17.4 Å². The van der Waals surface area contributed by atoms with E-state index in [1.54, 1.807) is 0 Å². The molecule has 0 aliphatic heterocycles. The summed E-state index contributed by atoms with van der Waals surface area (Å²) in [5.41, 5.74) is 8.74. The van der Waals surface area contributed by atoms with Gasteiger partial charge < -0.3 is 11.1 Å². The first-order valence-corrected chi connectivity index (χ1v) is 8.70. The quantitative estimate of drug-likeness (QED) is 0.527. The van der Waals surface area contributed by atoms with Crippen molar-refractivity contribution in [2.24, 2.45) is 5.73 Å². The lowest BCUT2D eigenvalue weighted by atomic mass is 9.99. The maximum absolute atomic E-state index is 12.1. The molecule has 0 heterocycles. The van der Waals surface area contributed by atoms with Gasteiger partial charge in [-0.1, -0.05) is 55.8 Å². The van der Waals surface area contributed by atoms with Gasteiger partial charge in [-0.3, -0.25) is 14.9 Å². The van der Waals surface area contributed by atoms with Gasteiger partial charge in [-0.2, -0.15) is 0 Å². The van der Waals surface area contributed by atoms with E-state index in [9.17, 15) is 14.9 Å². The van der Waals surface area contributed by atoms with E-state index < -0.39 is 4.92 Å². The monoisotopic (exact) mass is 411 g/mol. The van der Waals surface area contributed by atoms with Crippen molar-refractivity contribution in [1.82, 2.24) is 5.32 Å². The zero-order valence-corrected chi connectivity index (χ0v) is 16.7. The molecule has 146 valence electrons. The third kappa shape index (κ3) is 6.50. The van der Waals surface area contributed by atoms with Gasteiger partial charge in [-0.25, -0.2) is 0 Å². The number of halogens is 2. The maximum Gasteiger partial charge on any atom is 0.270 e. The lowest BCUT2D eigenvalue weighted by Crippen LogP contribution is -2.32. The molecular formula is C19H23Cl2N3O3. The molecule has 0 saturated heterocycles. The second-order valence-electron chi connectivity index (χ2n) is 6.44. The van der Waals surface area contributed by atoms with Crippen molar-refractivity contribution >= 4 is 35.6 Å². The van der Waals surface area contributed by atoms with Crippen LogP contribution >= 0.6 is 24.0 Å². The number of carbonyl (C=O) groups excluding carboxylic acids is 1. The molecule has 0 bridgehead atoms. The van der Waals surface area contributed by atoms with E-state index in [4.69, 9.17) is 17.3 Å². The Bertz CT molecular complexity index is 795. The van der Waals surface area contributed by atoms with Crippen molar-refractivity contribution in [2.75, 3.05) is 6.54 Å². The van der Waals surface area contributed by atoms with Gasteiger partial charge in [-0.15, -0.1) is 12.4 Å². The van der Waals surface area contributed by atoms with E-state index in [-0.39, 0.29) is 41.5 Å². The Hall–Kier alpha value is -2.15. The number of benzene rings is 2. The summed E-state index contributed by atoms with van der Waals surface area (Å²) in [7, 11) is 0. The van der Waals surface area contributed by atoms with Crippen LogP contribution in [0.5, 0.6) is 0 Å². The van der Waals surface area contributed by atoms with Crippen molar-refractivity contribution in [3.05, 3.63) is 74.3 Å². The molecule has 6 nitrogen and oxygen atoms in total. The Labute approximate surface area is 169 Å². The van der Waals surface area contributed by atoms with Gasteiger partial charge >= 0.3 is 0 Å². The number of rotatable bonds is 7. The zero-order chi connectivity index (χ0) is 19.3. The van der Waals surface area contributed by atoms with Crippen LogP contribution in [0, 0.1) is 10.1 Å². The van der Waals surface area contributed by atoms with Crippen LogP contribution in [-0.2, 0) is 11.2 Å². The van der Waals surface area contributed by atoms with E-state index in [1.807, 2.05) is 24.3 Å². The SMILES string of the molecule is CC(C)c1ccc(C(N)CNC(=O)Cc2ccc([N+](=O)[O-])cc2Cl)cc1.Cl. The molecule has 1 amide bonds. The number of nitro groups is 1. The van der Waals surface area contributed by atoms with Crippen molar-refractivity contribution < 1.29 is 9.72 Å². The topological polar surface area (TPSA) is 98.3 Å². The fraction of sp³-hybridized carbons (Fsp3) is 0.316. The van der Waals surface area contributed by atoms with Gasteiger partial charge in [0.15, 0.2) is 0 Å². The summed E-state index contributed by atoms with van der Waals surface area (Å²) in [5, 5.41) is 13.7. The van der Waals surface area contributed by atoms with Crippen LogP contribution in [0.1, 0.15) is 42.5 Å². The molecule has 1 atom stereocenters. The summed E-state index contributed by atoms with van der Waals surface area (Å²) in [4.78, 5) is 22.3. The summed E-state index contributed by atoms with van der Waals surface area (Å²) < 4.78 is 0. The predicted molar refractivity (Wildman–Crippen MR) is 110 cm³/mol. The van der Waals surface area contributed by atoms with Gasteiger partial charge in [0.05, 0.1) is 16.4 Å².